The molecule has 0 aliphatic heterocycles. The molecule has 29 heavy (non-hydrogen) atoms. The maximum Gasteiger partial charge on any atom is 0.265 e. The van der Waals surface area contributed by atoms with Crippen LogP contribution < -0.4 is 20.1 Å². The third kappa shape index (κ3) is 6.10. The first-order valence-corrected chi connectivity index (χ1v) is 9.18. The summed E-state index contributed by atoms with van der Waals surface area (Å²) >= 11 is 0. The number of benzene rings is 3. The van der Waals surface area contributed by atoms with Gasteiger partial charge in [-0.2, -0.15) is 0 Å². The van der Waals surface area contributed by atoms with Crippen molar-refractivity contribution in [3.63, 3.8) is 0 Å². The van der Waals surface area contributed by atoms with Gasteiger partial charge in [-0.25, -0.2) is 0 Å². The van der Waals surface area contributed by atoms with Crippen LogP contribution in [0.15, 0.2) is 78.9 Å². The Bertz CT molecular complexity index is 954. The molecule has 0 aromatic heterocycles. The van der Waals surface area contributed by atoms with Gasteiger partial charge >= 0.3 is 0 Å². The van der Waals surface area contributed by atoms with Crippen molar-refractivity contribution in [1.82, 2.24) is 0 Å². The largest absolute Gasteiger partial charge is 0.481 e. The van der Waals surface area contributed by atoms with Crippen molar-refractivity contribution in [2.45, 2.75) is 20.0 Å². The monoisotopic (exact) mass is 390 g/mol. The molecule has 3 aromatic carbocycles. The second-order valence-corrected chi connectivity index (χ2v) is 6.39. The zero-order chi connectivity index (χ0) is 20.6. The van der Waals surface area contributed by atoms with Crippen LogP contribution in [0.25, 0.3) is 0 Å². The Morgan fingerprint density at radius 2 is 1.24 bits per heavy atom. The molecule has 0 unspecified atom stereocenters. The summed E-state index contributed by atoms with van der Waals surface area (Å²) in [6.45, 7) is 3.11. The van der Waals surface area contributed by atoms with Gasteiger partial charge in [-0.3, -0.25) is 9.59 Å². The minimum Gasteiger partial charge on any atom is -0.481 e. The normalized spacial score (nSPS) is 11.2. The van der Waals surface area contributed by atoms with E-state index in [-0.39, 0.29) is 11.8 Å². The summed E-state index contributed by atoms with van der Waals surface area (Å²) in [5.74, 6) is 1.54. The second-order valence-electron chi connectivity index (χ2n) is 6.39. The fourth-order valence-corrected chi connectivity index (χ4v) is 2.55. The van der Waals surface area contributed by atoms with E-state index in [9.17, 15) is 9.59 Å². The Morgan fingerprint density at radius 3 is 1.83 bits per heavy atom. The predicted octanol–water partition coefficient (Wildman–Crippen LogP) is 4.84. The lowest BCUT2D eigenvalue weighted by molar-refractivity contribution is -0.122. The number of hydrogen-bond donors (Lipinski definition) is 2. The summed E-state index contributed by atoms with van der Waals surface area (Å²) in [4.78, 5) is 23.4. The molecule has 3 rings (SSSR count). The average Bonchev–Trinajstić information content (AvgIpc) is 2.71. The Kier molecular flexibility index (Phi) is 6.47. The highest BCUT2D eigenvalue weighted by molar-refractivity contribution is 5.94. The molecule has 0 aliphatic carbocycles. The molecule has 0 saturated heterocycles. The van der Waals surface area contributed by atoms with Crippen LogP contribution >= 0.6 is 0 Å². The highest BCUT2D eigenvalue weighted by Gasteiger charge is 2.15. The molecule has 3 aromatic rings. The van der Waals surface area contributed by atoms with Crippen molar-refractivity contribution in [2.75, 3.05) is 10.6 Å². The van der Waals surface area contributed by atoms with Crippen LogP contribution in [-0.4, -0.2) is 17.9 Å². The SMILES string of the molecule is CC(=O)Nc1ccc(O[C@@H](C)C(=O)Nc2ccc(Oc3ccccc3)cc2)cc1. The van der Waals surface area contributed by atoms with Crippen LogP contribution in [0.2, 0.25) is 0 Å². The number of carbonyl (C=O) groups excluding carboxylic acids is 2. The van der Waals surface area contributed by atoms with Gasteiger partial charge in [0.05, 0.1) is 0 Å². The van der Waals surface area contributed by atoms with Crippen molar-refractivity contribution in [3.8, 4) is 17.2 Å². The number of anilines is 2. The number of amides is 2. The highest BCUT2D eigenvalue weighted by Crippen LogP contribution is 2.23. The zero-order valence-electron chi connectivity index (χ0n) is 16.2. The Hall–Kier alpha value is -3.80. The van der Waals surface area contributed by atoms with E-state index in [0.29, 0.717) is 22.9 Å². The van der Waals surface area contributed by atoms with Crippen LogP contribution in [0, 0.1) is 0 Å². The van der Waals surface area contributed by atoms with E-state index in [2.05, 4.69) is 10.6 Å². The standard InChI is InChI=1S/C23H22N2O4/c1-16(28-21-12-8-18(9-13-21)24-17(2)26)23(27)25-19-10-14-22(15-11-19)29-20-6-4-3-5-7-20/h3-16H,1-2H3,(H,24,26)(H,25,27)/t16-/m0/s1. The van der Waals surface area contributed by atoms with Crippen molar-refractivity contribution in [1.29, 1.82) is 0 Å². The van der Waals surface area contributed by atoms with E-state index in [0.717, 1.165) is 5.75 Å². The molecule has 6 heteroatoms. The first kappa shape index (κ1) is 19.9. The van der Waals surface area contributed by atoms with Crippen molar-refractivity contribution < 1.29 is 19.1 Å². The topological polar surface area (TPSA) is 76.7 Å². The van der Waals surface area contributed by atoms with Crippen molar-refractivity contribution >= 4 is 23.2 Å². The van der Waals surface area contributed by atoms with Crippen LogP contribution in [0.5, 0.6) is 17.2 Å². The van der Waals surface area contributed by atoms with Gasteiger partial charge < -0.3 is 20.1 Å². The summed E-state index contributed by atoms with van der Waals surface area (Å²) < 4.78 is 11.4. The molecule has 0 aliphatic rings. The van der Waals surface area contributed by atoms with Gasteiger partial charge in [-0.1, -0.05) is 18.2 Å². The Morgan fingerprint density at radius 1 is 0.724 bits per heavy atom. The van der Waals surface area contributed by atoms with Crippen molar-refractivity contribution in [2.24, 2.45) is 0 Å². The van der Waals surface area contributed by atoms with E-state index >= 15 is 0 Å². The van der Waals surface area contributed by atoms with Gasteiger partial charge in [0.25, 0.3) is 5.91 Å². The molecule has 0 fully saturated rings. The Labute approximate surface area is 169 Å². The molecular weight excluding hydrogens is 368 g/mol. The number of hydrogen-bond acceptors (Lipinski definition) is 4. The molecule has 2 N–H and O–H groups in total. The smallest absolute Gasteiger partial charge is 0.265 e. The van der Waals surface area contributed by atoms with Gasteiger partial charge in [0, 0.05) is 18.3 Å². The quantitative estimate of drug-likeness (QED) is 0.605. The molecule has 6 nitrogen and oxygen atoms in total. The van der Waals surface area contributed by atoms with E-state index in [4.69, 9.17) is 9.47 Å². The minimum absolute atomic E-state index is 0.147. The van der Waals surface area contributed by atoms with Crippen LogP contribution in [-0.2, 0) is 9.59 Å². The van der Waals surface area contributed by atoms with Crippen LogP contribution in [0.3, 0.4) is 0 Å². The van der Waals surface area contributed by atoms with E-state index in [1.165, 1.54) is 6.92 Å². The molecule has 0 bridgehead atoms. The fourth-order valence-electron chi connectivity index (χ4n) is 2.55. The van der Waals surface area contributed by atoms with Gasteiger partial charge in [0.2, 0.25) is 5.91 Å². The van der Waals surface area contributed by atoms with E-state index in [1.807, 2.05) is 30.3 Å². The molecule has 0 spiro atoms. The van der Waals surface area contributed by atoms with Crippen LogP contribution in [0.1, 0.15) is 13.8 Å². The first-order chi connectivity index (χ1) is 14.0. The van der Waals surface area contributed by atoms with Gasteiger partial charge in [0.1, 0.15) is 17.2 Å². The summed E-state index contributed by atoms with van der Waals surface area (Å²) in [5, 5.41) is 5.49. The third-order valence-electron chi connectivity index (χ3n) is 3.96. The molecule has 1 atom stereocenters. The summed E-state index contributed by atoms with van der Waals surface area (Å²) in [6.07, 6.45) is -0.693. The lowest BCUT2D eigenvalue weighted by Crippen LogP contribution is -2.30. The molecule has 148 valence electrons. The van der Waals surface area contributed by atoms with Gasteiger partial charge in [-0.05, 0) is 67.6 Å². The molecule has 2 amide bonds. The maximum absolute atomic E-state index is 12.4. The molecule has 0 saturated carbocycles. The number of carbonyl (C=O) groups is 2. The lowest BCUT2D eigenvalue weighted by Gasteiger charge is -2.15. The fraction of sp³-hybridized carbons (Fsp3) is 0.130. The Balaban J connectivity index is 1.53. The number of nitrogens with one attached hydrogen (secondary N) is 2. The summed E-state index contributed by atoms with van der Waals surface area (Å²) in [5.41, 5.74) is 1.31. The van der Waals surface area contributed by atoms with E-state index < -0.39 is 6.10 Å². The highest BCUT2D eigenvalue weighted by atomic mass is 16.5. The average molecular weight is 390 g/mol. The zero-order valence-corrected chi connectivity index (χ0v) is 16.2. The molecular formula is C23H22N2O4. The summed E-state index contributed by atoms with van der Waals surface area (Å²) in [7, 11) is 0. The third-order valence-corrected chi connectivity index (χ3v) is 3.96. The summed E-state index contributed by atoms with van der Waals surface area (Å²) in [6, 6.07) is 23.4. The van der Waals surface area contributed by atoms with E-state index in [1.54, 1.807) is 55.5 Å². The minimum atomic E-state index is -0.693. The number of rotatable bonds is 7. The first-order valence-electron chi connectivity index (χ1n) is 9.18. The van der Waals surface area contributed by atoms with Gasteiger partial charge in [0.15, 0.2) is 6.10 Å². The lowest BCUT2D eigenvalue weighted by atomic mass is 10.2. The second kappa shape index (κ2) is 9.41. The van der Waals surface area contributed by atoms with Gasteiger partial charge in [-0.15, -0.1) is 0 Å². The van der Waals surface area contributed by atoms with Crippen LogP contribution in [0.4, 0.5) is 11.4 Å². The number of para-hydroxylation sites is 1. The van der Waals surface area contributed by atoms with Crippen molar-refractivity contribution in [3.05, 3.63) is 78.9 Å². The maximum atomic E-state index is 12.4. The molecule has 0 radical (unpaired) electrons. The predicted molar refractivity (Wildman–Crippen MR) is 112 cm³/mol. The number of ether oxygens (including phenoxy) is 2. The molecule has 0 heterocycles.